The Labute approximate surface area is 85.9 Å². The average Bonchev–Trinajstić information content (AvgIpc) is 2.44. The summed E-state index contributed by atoms with van der Waals surface area (Å²) in [5, 5.41) is 19.1. The van der Waals surface area contributed by atoms with Crippen molar-refractivity contribution < 1.29 is 9.90 Å². The molecule has 3 nitrogen and oxygen atoms in total. The molecule has 1 heterocycles. The summed E-state index contributed by atoms with van der Waals surface area (Å²) >= 11 is 1.45. The molecule has 0 bridgehead atoms. The van der Waals surface area contributed by atoms with Gasteiger partial charge in [-0.3, -0.25) is 0 Å². The maximum atomic E-state index is 10.6. The third-order valence-electron chi connectivity index (χ3n) is 1.95. The molecule has 0 aliphatic rings. The molecule has 1 aromatic heterocycles. The molecule has 0 unspecified atom stereocenters. The predicted octanol–water partition coefficient (Wildman–Crippen LogP) is 2.36. The summed E-state index contributed by atoms with van der Waals surface area (Å²) in [5.41, 5.74) is 1.92. The molecule has 0 amide bonds. The Balaban J connectivity index is 3.15. The number of nitrogens with zero attached hydrogens (tertiary/aromatic N) is 1. The minimum absolute atomic E-state index is 0.227. The summed E-state index contributed by atoms with van der Waals surface area (Å²) in [4.78, 5) is 11.4. The molecule has 72 valence electrons. The van der Waals surface area contributed by atoms with E-state index in [9.17, 15) is 4.79 Å². The molecular weight excluding hydrogens is 198 g/mol. The molecule has 0 aliphatic heterocycles. The summed E-state index contributed by atoms with van der Waals surface area (Å²) in [6, 6.07) is 1.65. The first-order chi connectivity index (χ1) is 6.56. The highest BCUT2D eigenvalue weighted by molar-refractivity contribution is 7.11. The standard InChI is InChI=1S/C10H9NO2S/c1-6-5-14-9(7(6)2)3-8(4-11)10(12)13/h3,5H,1-2H3,(H,12,13). The normalized spacial score (nSPS) is 11.1. The fourth-order valence-electron chi connectivity index (χ4n) is 0.938. The van der Waals surface area contributed by atoms with E-state index in [4.69, 9.17) is 10.4 Å². The zero-order chi connectivity index (χ0) is 10.7. The Hall–Kier alpha value is -1.60. The van der Waals surface area contributed by atoms with Gasteiger partial charge in [0, 0.05) is 4.88 Å². The van der Waals surface area contributed by atoms with Crippen molar-refractivity contribution in [1.29, 1.82) is 5.26 Å². The number of hydrogen-bond acceptors (Lipinski definition) is 3. The van der Waals surface area contributed by atoms with Crippen molar-refractivity contribution in [2.75, 3.05) is 0 Å². The van der Waals surface area contributed by atoms with Gasteiger partial charge in [-0.1, -0.05) is 0 Å². The summed E-state index contributed by atoms with van der Waals surface area (Å²) in [6.45, 7) is 3.87. The van der Waals surface area contributed by atoms with Crippen LogP contribution < -0.4 is 0 Å². The molecule has 0 atom stereocenters. The molecule has 14 heavy (non-hydrogen) atoms. The number of aliphatic carboxylic acids is 1. The number of thiophene rings is 1. The molecule has 0 aromatic carbocycles. The second-order valence-electron chi connectivity index (χ2n) is 2.88. The van der Waals surface area contributed by atoms with Crippen molar-refractivity contribution in [3.8, 4) is 6.07 Å². The van der Waals surface area contributed by atoms with Crippen molar-refractivity contribution in [2.24, 2.45) is 0 Å². The second kappa shape index (κ2) is 4.07. The summed E-state index contributed by atoms with van der Waals surface area (Å²) in [5.74, 6) is -1.18. The molecule has 0 aliphatic carbocycles. The predicted molar refractivity (Wildman–Crippen MR) is 55.0 cm³/mol. The highest BCUT2D eigenvalue weighted by Gasteiger charge is 2.08. The van der Waals surface area contributed by atoms with Crippen molar-refractivity contribution >= 4 is 23.4 Å². The Morgan fingerprint density at radius 2 is 2.29 bits per heavy atom. The first-order valence-corrected chi connectivity index (χ1v) is 4.84. The van der Waals surface area contributed by atoms with Gasteiger partial charge in [-0.15, -0.1) is 11.3 Å². The van der Waals surface area contributed by atoms with Gasteiger partial charge >= 0.3 is 5.97 Å². The fourth-order valence-corrected chi connectivity index (χ4v) is 1.94. The molecule has 1 rings (SSSR count). The van der Waals surface area contributed by atoms with E-state index < -0.39 is 5.97 Å². The van der Waals surface area contributed by atoms with Crippen LogP contribution in [0, 0.1) is 25.2 Å². The van der Waals surface area contributed by atoms with E-state index in [1.54, 1.807) is 6.07 Å². The Kier molecular flexibility index (Phi) is 3.05. The lowest BCUT2D eigenvalue weighted by molar-refractivity contribution is -0.132. The van der Waals surface area contributed by atoms with Gasteiger partial charge < -0.3 is 5.11 Å². The lowest BCUT2D eigenvalue weighted by atomic mass is 10.1. The molecule has 4 heteroatoms. The van der Waals surface area contributed by atoms with Crippen molar-refractivity contribution in [3.05, 3.63) is 27.0 Å². The van der Waals surface area contributed by atoms with Crippen LogP contribution in [0.1, 0.15) is 16.0 Å². The van der Waals surface area contributed by atoms with Gasteiger partial charge in [0.25, 0.3) is 0 Å². The maximum Gasteiger partial charge on any atom is 0.346 e. The molecule has 1 aromatic rings. The number of aryl methyl sites for hydroxylation is 1. The number of nitriles is 1. The topological polar surface area (TPSA) is 61.1 Å². The highest BCUT2D eigenvalue weighted by atomic mass is 32.1. The van der Waals surface area contributed by atoms with Gasteiger partial charge in [0.05, 0.1) is 0 Å². The maximum absolute atomic E-state index is 10.6. The first-order valence-electron chi connectivity index (χ1n) is 3.96. The van der Waals surface area contributed by atoms with Crippen LogP contribution in [0.3, 0.4) is 0 Å². The minimum Gasteiger partial charge on any atom is -0.477 e. The smallest absolute Gasteiger partial charge is 0.346 e. The van der Waals surface area contributed by atoms with Crippen molar-refractivity contribution in [1.82, 2.24) is 0 Å². The second-order valence-corrected chi connectivity index (χ2v) is 3.79. The molecule has 0 fully saturated rings. The third-order valence-corrected chi connectivity index (χ3v) is 3.10. The van der Waals surface area contributed by atoms with Crippen LogP contribution >= 0.6 is 11.3 Å². The van der Waals surface area contributed by atoms with E-state index in [0.717, 1.165) is 16.0 Å². The van der Waals surface area contributed by atoms with Crippen LogP contribution in [-0.4, -0.2) is 11.1 Å². The van der Waals surface area contributed by atoms with Crippen LogP contribution in [0.2, 0.25) is 0 Å². The first kappa shape index (κ1) is 10.5. The van der Waals surface area contributed by atoms with Crippen LogP contribution in [0.5, 0.6) is 0 Å². The Bertz CT molecular complexity index is 437. The van der Waals surface area contributed by atoms with Crippen LogP contribution in [0.15, 0.2) is 11.0 Å². The van der Waals surface area contributed by atoms with Gasteiger partial charge in [0.2, 0.25) is 0 Å². The number of carboxylic acid groups (broad SMARTS) is 1. The largest absolute Gasteiger partial charge is 0.477 e. The van der Waals surface area contributed by atoms with Crippen LogP contribution in [-0.2, 0) is 4.79 Å². The van der Waals surface area contributed by atoms with E-state index in [0.29, 0.717) is 0 Å². The van der Waals surface area contributed by atoms with Gasteiger partial charge in [-0.2, -0.15) is 5.26 Å². The Morgan fingerprint density at radius 1 is 1.64 bits per heavy atom. The van der Waals surface area contributed by atoms with Gasteiger partial charge in [0.15, 0.2) is 0 Å². The summed E-state index contributed by atoms with van der Waals surface area (Å²) in [6.07, 6.45) is 1.41. The summed E-state index contributed by atoms with van der Waals surface area (Å²) in [7, 11) is 0. The van der Waals surface area contributed by atoms with Crippen LogP contribution in [0.4, 0.5) is 0 Å². The zero-order valence-electron chi connectivity index (χ0n) is 7.87. The lowest BCUT2D eigenvalue weighted by Gasteiger charge is -1.92. The van der Waals surface area contributed by atoms with E-state index in [1.807, 2.05) is 19.2 Å². The van der Waals surface area contributed by atoms with E-state index in [-0.39, 0.29) is 5.57 Å². The Morgan fingerprint density at radius 3 is 2.64 bits per heavy atom. The van der Waals surface area contributed by atoms with Gasteiger partial charge in [0.1, 0.15) is 11.6 Å². The van der Waals surface area contributed by atoms with Gasteiger partial charge in [-0.25, -0.2) is 4.79 Å². The third kappa shape index (κ3) is 2.01. The molecule has 0 saturated carbocycles. The average molecular weight is 207 g/mol. The molecule has 1 N–H and O–H groups in total. The van der Waals surface area contributed by atoms with Crippen LogP contribution in [0.25, 0.3) is 6.08 Å². The monoisotopic (exact) mass is 207 g/mol. The molecule has 0 saturated heterocycles. The quantitative estimate of drug-likeness (QED) is 0.598. The molecular formula is C10H9NO2S. The number of rotatable bonds is 2. The van der Waals surface area contributed by atoms with E-state index >= 15 is 0 Å². The minimum atomic E-state index is -1.18. The van der Waals surface area contributed by atoms with E-state index in [1.165, 1.54) is 17.4 Å². The highest BCUT2D eigenvalue weighted by Crippen LogP contribution is 2.23. The van der Waals surface area contributed by atoms with Crippen molar-refractivity contribution in [3.63, 3.8) is 0 Å². The summed E-state index contributed by atoms with van der Waals surface area (Å²) < 4.78 is 0. The number of carbonyl (C=O) groups is 1. The van der Waals surface area contributed by atoms with Gasteiger partial charge in [-0.05, 0) is 36.4 Å². The zero-order valence-corrected chi connectivity index (χ0v) is 8.68. The molecule has 0 radical (unpaired) electrons. The number of carboxylic acids is 1. The SMILES string of the molecule is Cc1csc(C=C(C#N)C(=O)O)c1C. The van der Waals surface area contributed by atoms with Crippen molar-refractivity contribution in [2.45, 2.75) is 13.8 Å². The molecule has 0 spiro atoms. The fraction of sp³-hybridized carbons (Fsp3) is 0.200. The van der Waals surface area contributed by atoms with E-state index in [2.05, 4.69) is 0 Å². The number of hydrogen-bond donors (Lipinski definition) is 1. The lowest BCUT2D eigenvalue weighted by Crippen LogP contribution is -1.97.